The van der Waals surface area contributed by atoms with Crippen LogP contribution in [0.3, 0.4) is 0 Å². The lowest BCUT2D eigenvalue weighted by Crippen LogP contribution is -2.12. The fourth-order valence-corrected chi connectivity index (χ4v) is 1.18. The molecule has 0 radical (unpaired) electrons. The lowest BCUT2D eigenvalue weighted by atomic mass is 10.3. The van der Waals surface area contributed by atoms with Crippen molar-refractivity contribution >= 4 is 11.5 Å². The fourth-order valence-electron chi connectivity index (χ4n) is 1.18. The Kier molecular flexibility index (Phi) is 4.36. The van der Waals surface area contributed by atoms with Gasteiger partial charge in [-0.25, -0.2) is 4.98 Å². The van der Waals surface area contributed by atoms with Crippen LogP contribution in [-0.2, 0) is 0 Å². The molecule has 0 aliphatic heterocycles. The summed E-state index contributed by atoms with van der Waals surface area (Å²) in [5.41, 5.74) is 5.81. The molecule has 0 bridgehead atoms. The summed E-state index contributed by atoms with van der Waals surface area (Å²) in [5, 5.41) is 2.70. The topological polar surface area (TPSA) is 73.1 Å². The van der Waals surface area contributed by atoms with Gasteiger partial charge in [-0.2, -0.15) is 18.2 Å². The Hall–Kier alpha value is -1.73. The number of nitrogen functional groups attached to an aromatic ring is 1. The summed E-state index contributed by atoms with van der Waals surface area (Å²) in [5.74, 6) is 0.470. The first-order valence-electron chi connectivity index (χ1n) is 4.89. The average Bonchev–Trinajstić information content (AvgIpc) is 2.25. The second-order valence-corrected chi connectivity index (χ2v) is 3.29. The van der Waals surface area contributed by atoms with Crippen LogP contribution < -0.4 is 15.8 Å². The molecule has 17 heavy (non-hydrogen) atoms. The molecule has 0 aliphatic rings. The summed E-state index contributed by atoms with van der Waals surface area (Å²) < 4.78 is 40.5. The minimum atomic E-state index is -4.14. The van der Waals surface area contributed by atoms with Gasteiger partial charge in [-0.1, -0.05) is 0 Å². The van der Waals surface area contributed by atoms with Crippen molar-refractivity contribution in [2.45, 2.75) is 19.0 Å². The smallest absolute Gasteiger partial charge is 0.389 e. The maximum atomic E-state index is 11.9. The number of methoxy groups -OCH3 is 1. The zero-order valence-corrected chi connectivity index (χ0v) is 9.21. The Balaban J connectivity index is 2.47. The van der Waals surface area contributed by atoms with E-state index in [9.17, 15) is 13.2 Å². The third-order valence-electron chi connectivity index (χ3n) is 1.97. The number of nitrogens with one attached hydrogen (secondary N) is 1. The van der Waals surface area contributed by atoms with Crippen LogP contribution in [0.25, 0.3) is 0 Å². The Morgan fingerprint density at radius 3 is 2.71 bits per heavy atom. The number of alkyl halides is 3. The van der Waals surface area contributed by atoms with Crippen LogP contribution in [0.4, 0.5) is 24.7 Å². The van der Waals surface area contributed by atoms with Crippen molar-refractivity contribution in [2.75, 3.05) is 24.7 Å². The molecular weight excluding hydrogens is 237 g/mol. The number of nitrogens with zero attached hydrogens (tertiary/aromatic N) is 2. The Bertz CT molecular complexity index is 370. The molecule has 0 unspecified atom stereocenters. The third-order valence-corrected chi connectivity index (χ3v) is 1.97. The van der Waals surface area contributed by atoms with Gasteiger partial charge in [0.2, 0.25) is 5.88 Å². The van der Waals surface area contributed by atoms with Crippen molar-refractivity contribution in [1.82, 2.24) is 9.97 Å². The lowest BCUT2D eigenvalue weighted by Gasteiger charge is -2.10. The molecule has 0 saturated heterocycles. The Labute approximate surface area is 96.2 Å². The van der Waals surface area contributed by atoms with Crippen LogP contribution in [0.15, 0.2) is 6.33 Å². The van der Waals surface area contributed by atoms with Crippen LogP contribution in [0.1, 0.15) is 12.8 Å². The molecular formula is C9H13F3N4O. The molecule has 96 valence electrons. The van der Waals surface area contributed by atoms with Gasteiger partial charge in [-0.05, 0) is 6.42 Å². The van der Waals surface area contributed by atoms with Gasteiger partial charge in [0.15, 0.2) is 5.82 Å². The largest absolute Gasteiger partial charge is 0.479 e. The van der Waals surface area contributed by atoms with Crippen LogP contribution in [0.2, 0.25) is 0 Å². The lowest BCUT2D eigenvalue weighted by molar-refractivity contribution is -0.134. The molecule has 1 heterocycles. The molecule has 0 amide bonds. The predicted molar refractivity (Wildman–Crippen MR) is 56.8 cm³/mol. The van der Waals surface area contributed by atoms with Crippen LogP contribution in [0, 0.1) is 0 Å². The van der Waals surface area contributed by atoms with Gasteiger partial charge < -0.3 is 15.8 Å². The van der Waals surface area contributed by atoms with Crippen molar-refractivity contribution in [3.8, 4) is 5.88 Å². The van der Waals surface area contributed by atoms with E-state index in [1.54, 1.807) is 0 Å². The molecule has 0 aromatic carbocycles. The molecule has 3 N–H and O–H groups in total. The highest BCUT2D eigenvalue weighted by Gasteiger charge is 2.25. The minimum absolute atomic E-state index is 0.0464. The molecule has 0 atom stereocenters. The van der Waals surface area contributed by atoms with E-state index in [0.717, 1.165) is 0 Å². The third kappa shape index (κ3) is 4.33. The molecule has 1 aromatic rings. The van der Waals surface area contributed by atoms with Gasteiger partial charge >= 0.3 is 6.18 Å². The van der Waals surface area contributed by atoms with E-state index in [4.69, 9.17) is 10.5 Å². The highest BCUT2D eigenvalue weighted by atomic mass is 19.4. The van der Waals surface area contributed by atoms with Gasteiger partial charge in [0.05, 0.1) is 7.11 Å². The van der Waals surface area contributed by atoms with Crippen molar-refractivity contribution in [1.29, 1.82) is 0 Å². The highest BCUT2D eigenvalue weighted by molar-refractivity contribution is 5.66. The van der Waals surface area contributed by atoms with Crippen molar-refractivity contribution in [3.05, 3.63) is 6.33 Å². The minimum Gasteiger partial charge on any atom is -0.479 e. The van der Waals surface area contributed by atoms with E-state index in [0.29, 0.717) is 0 Å². The van der Waals surface area contributed by atoms with Crippen molar-refractivity contribution in [2.24, 2.45) is 0 Å². The van der Waals surface area contributed by atoms with E-state index >= 15 is 0 Å². The summed E-state index contributed by atoms with van der Waals surface area (Å²) in [4.78, 5) is 7.56. The van der Waals surface area contributed by atoms with E-state index < -0.39 is 12.6 Å². The maximum absolute atomic E-state index is 11.9. The number of ether oxygens (including phenoxy) is 1. The van der Waals surface area contributed by atoms with Crippen LogP contribution in [0.5, 0.6) is 5.88 Å². The monoisotopic (exact) mass is 250 g/mol. The molecule has 5 nitrogen and oxygen atoms in total. The van der Waals surface area contributed by atoms with Gasteiger partial charge in [-0.15, -0.1) is 0 Å². The van der Waals surface area contributed by atoms with Gasteiger partial charge in [0.25, 0.3) is 0 Å². The fraction of sp³-hybridized carbons (Fsp3) is 0.556. The molecule has 0 aliphatic carbocycles. The maximum Gasteiger partial charge on any atom is 0.389 e. The second kappa shape index (κ2) is 5.55. The molecule has 1 rings (SSSR count). The number of aromatic nitrogens is 2. The summed E-state index contributed by atoms with van der Waals surface area (Å²) in [7, 11) is 1.39. The molecule has 0 spiro atoms. The van der Waals surface area contributed by atoms with E-state index in [-0.39, 0.29) is 30.4 Å². The molecule has 0 fully saturated rings. The Morgan fingerprint density at radius 1 is 1.41 bits per heavy atom. The normalized spacial score (nSPS) is 11.3. The second-order valence-electron chi connectivity index (χ2n) is 3.29. The zero-order chi connectivity index (χ0) is 12.9. The van der Waals surface area contributed by atoms with E-state index in [1.807, 2.05) is 0 Å². The summed E-state index contributed by atoms with van der Waals surface area (Å²) in [6.45, 7) is 0.129. The average molecular weight is 250 g/mol. The standard InChI is InChI=1S/C9H13F3N4O/c1-17-8-6(13)7(15-5-16-8)14-4-2-3-9(10,11)12/h5H,2-4,13H2,1H3,(H,14,15,16). The number of hydrogen-bond donors (Lipinski definition) is 2. The summed E-state index contributed by atoms with van der Waals surface area (Å²) in [6.07, 6.45) is -3.81. The predicted octanol–water partition coefficient (Wildman–Crippen LogP) is 1.82. The number of anilines is 2. The number of rotatable bonds is 5. The summed E-state index contributed by atoms with van der Waals surface area (Å²) >= 11 is 0. The first-order valence-corrected chi connectivity index (χ1v) is 4.89. The number of hydrogen-bond acceptors (Lipinski definition) is 5. The summed E-state index contributed by atoms with van der Waals surface area (Å²) in [6, 6.07) is 0. The quantitative estimate of drug-likeness (QED) is 0.780. The van der Waals surface area contributed by atoms with Crippen LogP contribution in [-0.4, -0.2) is 29.8 Å². The van der Waals surface area contributed by atoms with Crippen LogP contribution >= 0.6 is 0 Å². The first kappa shape index (κ1) is 13.3. The van der Waals surface area contributed by atoms with Gasteiger partial charge in [0.1, 0.15) is 12.0 Å². The van der Waals surface area contributed by atoms with Gasteiger partial charge in [-0.3, -0.25) is 0 Å². The SMILES string of the molecule is COc1ncnc(NCCCC(F)(F)F)c1N. The first-order chi connectivity index (χ1) is 7.94. The van der Waals surface area contributed by atoms with E-state index in [2.05, 4.69) is 15.3 Å². The van der Waals surface area contributed by atoms with Crippen molar-refractivity contribution in [3.63, 3.8) is 0 Å². The van der Waals surface area contributed by atoms with Gasteiger partial charge in [0, 0.05) is 13.0 Å². The zero-order valence-electron chi connectivity index (χ0n) is 9.21. The Morgan fingerprint density at radius 2 is 2.12 bits per heavy atom. The molecule has 1 aromatic heterocycles. The molecule has 8 heteroatoms. The number of nitrogens with two attached hydrogens (primary N) is 1. The van der Waals surface area contributed by atoms with E-state index in [1.165, 1.54) is 13.4 Å². The number of halogens is 3. The molecule has 0 saturated carbocycles. The van der Waals surface area contributed by atoms with Crippen molar-refractivity contribution < 1.29 is 17.9 Å². The highest BCUT2D eigenvalue weighted by Crippen LogP contribution is 2.25.